The summed E-state index contributed by atoms with van der Waals surface area (Å²) in [5.41, 5.74) is -0.845. The molecule has 0 aromatic rings. The molecule has 0 radical (unpaired) electrons. The molecule has 2 heterocycles. The molecule has 7 nitrogen and oxygen atoms in total. The van der Waals surface area contributed by atoms with Crippen molar-refractivity contribution in [1.29, 1.82) is 0 Å². The predicted octanol–water partition coefficient (Wildman–Crippen LogP) is 0.698. The van der Waals surface area contributed by atoms with Crippen molar-refractivity contribution in [3.8, 4) is 0 Å². The summed E-state index contributed by atoms with van der Waals surface area (Å²) in [6, 6.07) is -0.293. The number of imide groups is 1. The van der Waals surface area contributed by atoms with Crippen molar-refractivity contribution in [3.05, 3.63) is 0 Å². The predicted molar refractivity (Wildman–Crippen MR) is 86.8 cm³/mol. The van der Waals surface area contributed by atoms with Crippen LogP contribution >= 0.6 is 0 Å². The summed E-state index contributed by atoms with van der Waals surface area (Å²) in [7, 11) is 0. The molecule has 0 bridgehead atoms. The van der Waals surface area contributed by atoms with Crippen LogP contribution in [-0.2, 0) is 9.59 Å². The number of nitrogens with one attached hydrogen (secondary N) is 2. The van der Waals surface area contributed by atoms with Crippen LogP contribution in [-0.4, -0.2) is 65.4 Å². The number of urea groups is 1. The van der Waals surface area contributed by atoms with Gasteiger partial charge in [0.15, 0.2) is 0 Å². The third-order valence-electron chi connectivity index (χ3n) is 5.01. The third-order valence-corrected chi connectivity index (χ3v) is 5.01. The second-order valence-electron chi connectivity index (χ2n) is 6.34. The molecular weight excluding hydrogens is 296 g/mol. The van der Waals surface area contributed by atoms with Crippen molar-refractivity contribution < 1.29 is 14.4 Å². The van der Waals surface area contributed by atoms with Crippen LogP contribution in [0.5, 0.6) is 0 Å². The zero-order chi connectivity index (χ0) is 17.0. The maximum absolute atomic E-state index is 12.7. The minimum Gasteiger partial charge on any atom is -0.337 e. The lowest BCUT2D eigenvalue weighted by molar-refractivity contribution is -0.140. The number of carbonyl (C=O) groups excluding carboxylic acids is 3. The average Bonchev–Trinajstić information content (AvgIpc) is 3.15. The van der Waals surface area contributed by atoms with Gasteiger partial charge in [-0.15, -0.1) is 0 Å². The highest BCUT2D eigenvalue weighted by Crippen LogP contribution is 2.25. The van der Waals surface area contributed by atoms with Gasteiger partial charge in [0, 0.05) is 19.1 Å². The Kier molecular flexibility index (Phi) is 5.62. The molecule has 2 aliphatic rings. The Hall–Kier alpha value is -1.63. The summed E-state index contributed by atoms with van der Waals surface area (Å²) in [6.45, 7) is 7.94. The van der Waals surface area contributed by atoms with Gasteiger partial charge in [0.1, 0.15) is 12.1 Å². The molecule has 0 spiro atoms. The van der Waals surface area contributed by atoms with E-state index in [1.165, 1.54) is 0 Å². The van der Waals surface area contributed by atoms with Crippen LogP contribution in [0.2, 0.25) is 0 Å². The van der Waals surface area contributed by atoms with Crippen molar-refractivity contribution in [2.75, 3.05) is 26.2 Å². The summed E-state index contributed by atoms with van der Waals surface area (Å²) in [6.07, 6.45) is 2.84. The van der Waals surface area contributed by atoms with Crippen LogP contribution in [0.25, 0.3) is 0 Å². The largest absolute Gasteiger partial charge is 0.337 e. The second kappa shape index (κ2) is 7.29. The molecule has 23 heavy (non-hydrogen) atoms. The highest BCUT2D eigenvalue weighted by atomic mass is 16.2. The first kappa shape index (κ1) is 17.7. The Morgan fingerprint density at radius 1 is 1.30 bits per heavy atom. The second-order valence-corrected chi connectivity index (χ2v) is 6.34. The number of carbonyl (C=O) groups is 3. The van der Waals surface area contributed by atoms with Gasteiger partial charge in [-0.2, -0.15) is 0 Å². The lowest BCUT2D eigenvalue weighted by Gasteiger charge is -2.30. The molecule has 0 saturated carbocycles. The fraction of sp³-hybridized carbons (Fsp3) is 0.812. The molecule has 4 amide bonds. The Morgan fingerprint density at radius 2 is 2.00 bits per heavy atom. The van der Waals surface area contributed by atoms with E-state index in [1.807, 2.05) is 25.7 Å². The summed E-state index contributed by atoms with van der Waals surface area (Å²) >= 11 is 0. The normalized spacial score (nSPS) is 23.3. The highest BCUT2D eigenvalue weighted by Gasteiger charge is 2.49. The van der Waals surface area contributed by atoms with E-state index in [-0.39, 0.29) is 24.4 Å². The number of hydrogen-bond donors (Lipinski definition) is 2. The molecule has 0 aromatic heterocycles. The van der Waals surface area contributed by atoms with E-state index < -0.39 is 11.6 Å². The fourth-order valence-electron chi connectivity index (χ4n) is 3.43. The zero-order valence-corrected chi connectivity index (χ0v) is 14.4. The molecule has 130 valence electrons. The molecule has 0 aromatic carbocycles. The number of rotatable bonds is 7. The van der Waals surface area contributed by atoms with Gasteiger partial charge in [-0.25, -0.2) is 4.79 Å². The van der Waals surface area contributed by atoms with Crippen LogP contribution < -0.4 is 10.6 Å². The molecule has 2 N–H and O–H groups in total. The molecule has 7 heteroatoms. The first-order valence-electron chi connectivity index (χ1n) is 8.63. The molecule has 0 aliphatic carbocycles. The molecule has 2 fully saturated rings. The van der Waals surface area contributed by atoms with Gasteiger partial charge in [0.25, 0.3) is 5.91 Å². The van der Waals surface area contributed by atoms with Crippen molar-refractivity contribution in [1.82, 2.24) is 20.4 Å². The topological polar surface area (TPSA) is 81.8 Å². The molecule has 2 rings (SSSR count). The maximum Gasteiger partial charge on any atom is 0.325 e. The van der Waals surface area contributed by atoms with E-state index in [0.29, 0.717) is 19.4 Å². The molecule has 2 aliphatic heterocycles. The van der Waals surface area contributed by atoms with Crippen LogP contribution in [0.1, 0.15) is 46.5 Å². The third kappa shape index (κ3) is 3.34. The van der Waals surface area contributed by atoms with Crippen molar-refractivity contribution >= 4 is 17.8 Å². The van der Waals surface area contributed by atoms with Gasteiger partial charge in [-0.1, -0.05) is 20.8 Å². The Labute approximate surface area is 137 Å². The molecule has 1 unspecified atom stereocenters. The van der Waals surface area contributed by atoms with E-state index in [4.69, 9.17) is 0 Å². The van der Waals surface area contributed by atoms with Crippen LogP contribution in [0.3, 0.4) is 0 Å². The van der Waals surface area contributed by atoms with Crippen LogP contribution in [0, 0.1) is 0 Å². The fourth-order valence-corrected chi connectivity index (χ4v) is 3.43. The molecule has 2 saturated heterocycles. The highest BCUT2D eigenvalue weighted by molar-refractivity contribution is 6.09. The Morgan fingerprint density at radius 3 is 2.48 bits per heavy atom. The van der Waals surface area contributed by atoms with Crippen LogP contribution in [0.4, 0.5) is 4.79 Å². The lowest BCUT2D eigenvalue weighted by atomic mass is 9.93. The average molecular weight is 324 g/mol. The van der Waals surface area contributed by atoms with Crippen LogP contribution in [0.15, 0.2) is 0 Å². The van der Waals surface area contributed by atoms with Gasteiger partial charge in [0.2, 0.25) is 5.91 Å². The Bertz CT molecular complexity index is 470. The van der Waals surface area contributed by atoms with Gasteiger partial charge < -0.3 is 15.5 Å². The molecular formula is C16H28N4O3. The van der Waals surface area contributed by atoms with E-state index >= 15 is 0 Å². The molecule has 1 atom stereocenters. The van der Waals surface area contributed by atoms with E-state index in [9.17, 15) is 14.4 Å². The van der Waals surface area contributed by atoms with Gasteiger partial charge in [-0.05, 0) is 32.2 Å². The monoisotopic (exact) mass is 324 g/mol. The summed E-state index contributed by atoms with van der Waals surface area (Å²) in [5, 5.41) is 6.02. The van der Waals surface area contributed by atoms with Gasteiger partial charge in [-0.3, -0.25) is 14.5 Å². The summed E-state index contributed by atoms with van der Waals surface area (Å²) in [4.78, 5) is 40.3. The number of nitrogens with zero attached hydrogens (tertiary/aromatic N) is 2. The van der Waals surface area contributed by atoms with Crippen molar-refractivity contribution in [2.45, 2.75) is 58.0 Å². The zero-order valence-electron chi connectivity index (χ0n) is 14.4. The van der Waals surface area contributed by atoms with Gasteiger partial charge >= 0.3 is 6.03 Å². The minimum absolute atomic E-state index is 0.146. The van der Waals surface area contributed by atoms with E-state index in [1.54, 1.807) is 0 Å². The smallest absolute Gasteiger partial charge is 0.325 e. The first-order valence-corrected chi connectivity index (χ1v) is 8.63. The maximum atomic E-state index is 12.7. The quantitative estimate of drug-likeness (QED) is 0.675. The standard InChI is InChI=1S/C16H28N4O3/c1-4-9-19(12-7-8-17-10-12)13(21)11-20-14(22)16(5-2,6-3)18-15(20)23/h12,17H,4-11H2,1-3H3,(H,18,23). The number of amides is 4. The summed E-state index contributed by atoms with van der Waals surface area (Å²) < 4.78 is 0. The minimum atomic E-state index is -0.845. The number of hydrogen-bond acceptors (Lipinski definition) is 4. The Balaban J connectivity index is 2.08. The van der Waals surface area contributed by atoms with Crippen molar-refractivity contribution in [2.24, 2.45) is 0 Å². The SMILES string of the molecule is CCCN(C(=O)CN1C(=O)NC(CC)(CC)C1=O)C1CCNC1. The summed E-state index contributed by atoms with van der Waals surface area (Å²) in [5.74, 6) is -0.422. The van der Waals surface area contributed by atoms with E-state index in [0.717, 1.165) is 30.8 Å². The van der Waals surface area contributed by atoms with E-state index in [2.05, 4.69) is 10.6 Å². The van der Waals surface area contributed by atoms with Crippen molar-refractivity contribution in [3.63, 3.8) is 0 Å². The van der Waals surface area contributed by atoms with Gasteiger partial charge in [0.05, 0.1) is 0 Å². The lowest BCUT2D eigenvalue weighted by Crippen LogP contribution is -2.49. The first-order chi connectivity index (χ1) is 11.0.